The molecular formula is C11H18N2O2. The van der Waals surface area contributed by atoms with Crippen LogP contribution in [0, 0.1) is 0 Å². The Bertz CT molecular complexity index is 326. The standard InChI is InChI=1S/C11H18N2O2/c1-11(2,8-14)13(3)9-5-6-12-10(7-9)15-4/h5-7,14H,8H2,1-4H3. The Morgan fingerprint density at radius 2 is 2.20 bits per heavy atom. The van der Waals surface area contributed by atoms with Crippen LogP contribution in [0.3, 0.4) is 0 Å². The van der Waals surface area contributed by atoms with Crippen LogP contribution in [0.15, 0.2) is 18.3 Å². The molecule has 1 rings (SSSR count). The van der Waals surface area contributed by atoms with Crippen molar-refractivity contribution in [1.82, 2.24) is 4.98 Å². The third kappa shape index (κ3) is 2.59. The summed E-state index contributed by atoms with van der Waals surface area (Å²) < 4.78 is 5.05. The van der Waals surface area contributed by atoms with Gasteiger partial charge in [-0.3, -0.25) is 0 Å². The largest absolute Gasteiger partial charge is 0.481 e. The van der Waals surface area contributed by atoms with Crippen LogP contribution in [0.1, 0.15) is 13.8 Å². The van der Waals surface area contributed by atoms with E-state index in [0.717, 1.165) is 5.69 Å². The van der Waals surface area contributed by atoms with E-state index < -0.39 is 0 Å². The summed E-state index contributed by atoms with van der Waals surface area (Å²) in [5.74, 6) is 0.577. The molecule has 1 aromatic rings. The molecule has 0 radical (unpaired) electrons. The van der Waals surface area contributed by atoms with Crippen LogP contribution < -0.4 is 9.64 Å². The molecule has 84 valence electrons. The van der Waals surface area contributed by atoms with Gasteiger partial charge in [0.15, 0.2) is 0 Å². The van der Waals surface area contributed by atoms with Gasteiger partial charge in [-0.25, -0.2) is 4.98 Å². The number of nitrogens with zero attached hydrogens (tertiary/aromatic N) is 2. The van der Waals surface area contributed by atoms with Gasteiger partial charge in [-0.1, -0.05) is 0 Å². The third-order valence-corrected chi connectivity index (χ3v) is 2.61. The lowest BCUT2D eigenvalue weighted by Gasteiger charge is -2.35. The number of aliphatic hydroxyl groups excluding tert-OH is 1. The highest BCUT2D eigenvalue weighted by molar-refractivity contribution is 5.49. The zero-order valence-electron chi connectivity index (χ0n) is 9.69. The van der Waals surface area contributed by atoms with Crippen molar-refractivity contribution >= 4 is 5.69 Å². The van der Waals surface area contributed by atoms with E-state index in [1.165, 1.54) is 0 Å². The van der Waals surface area contributed by atoms with Crippen molar-refractivity contribution in [2.24, 2.45) is 0 Å². The van der Waals surface area contributed by atoms with Crippen molar-refractivity contribution in [3.05, 3.63) is 18.3 Å². The van der Waals surface area contributed by atoms with Gasteiger partial charge in [0.05, 0.1) is 19.3 Å². The van der Waals surface area contributed by atoms with Crippen LogP contribution in [0.5, 0.6) is 5.88 Å². The van der Waals surface area contributed by atoms with E-state index >= 15 is 0 Å². The molecule has 0 aliphatic rings. The molecule has 1 aromatic heterocycles. The highest BCUT2D eigenvalue weighted by atomic mass is 16.5. The minimum Gasteiger partial charge on any atom is -0.481 e. The summed E-state index contributed by atoms with van der Waals surface area (Å²) in [6, 6.07) is 3.73. The van der Waals surface area contributed by atoms with E-state index in [0.29, 0.717) is 5.88 Å². The maximum Gasteiger partial charge on any atom is 0.214 e. The number of ether oxygens (including phenoxy) is 1. The van der Waals surface area contributed by atoms with Crippen LogP contribution in [-0.4, -0.2) is 36.4 Å². The van der Waals surface area contributed by atoms with Crippen molar-refractivity contribution in [1.29, 1.82) is 0 Å². The number of hydrogen-bond donors (Lipinski definition) is 1. The van der Waals surface area contributed by atoms with Gasteiger partial charge in [-0.05, 0) is 19.9 Å². The summed E-state index contributed by atoms with van der Waals surface area (Å²) in [6.07, 6.45) is 1.69. The highest BCUT2D eigenvalue weighted by Gasteiger charge is 2.22. The molecule has 1 N–H and O–H groups in total. The lowest BCUT2D eigenvalue weighted by atomic mass is 10.0. The molecule has 4 nitrogen and oxygen atoms in total. The minimum absolute atomic E-state index is 0.0914. The molecule has 0 unspecified atom stereocenters. The average molecular weight is 210 g/mol. The predicted octanol–water partition coefficient (Wildman–Crippen LogP) is 1.30. The first kappa shape index (κ1) is 11.8. The van der Waals surface area contributed by atoms with Gasteiger partial charge in [0.2, 0.25) is 5.88 Å². The lowest BCUT2D eigenvalue weighted by molar-refractivity contribution is 0.216. The molecular weight excluding hydrogens is 192 g/mol. The average Bonchev–Trinajstić information content (AvgIpc) is 2.28. The molecule has 0 aliphatic carbocycles. The molecule has 0 atom stereocenters. The topological polar surface area (TPSA) is 45.6 Å². The van der Waals surface area contributed by atoms with Crippen LogP contribution >= 0.6 is 0 Å². The van der Waals surface area contributed by atoms with Crippen LogP contribution in [0.25, 0.3) is 0 Å². The second kappa shape index (κ2) is 4.49. The Morgan fingerprint density at radius 3 is 2.73 bits per heavy atom. The third-order valence-electron chi connectivity index (χ3n) is 2.61. The molecule has 0 saturated carbocycles. The minimum atomic E-state index is -0.299. The molecule has 1 heterocycles. The molecule has 4 heteroatoms. The van der Waals surface area contributed by atoms with Gasteiger partial charge in [-0.15, -0.1) is 0 Å². The normalized spacial score (nSPS) is 11.3. The number of hydrogen-bond acceptors (Lipinski definition) is 4. The molecule has 15 heavy (non-hydrogen) atoms. The number of likely N-dealkylation sites (N-methyl/N-ethyl adjacent to an activating group) is 1. The summed E-state index contributed by atoms with van der Waals surface area (Å²) in [5, 5.41) is 9.26. The second-order valence-electron chi connectivity index (χ2n) is 4.09. The first-order valence-electron chi connectivity index (χ1n) is 4.86. The fraction of sp³-hybridized carbons (Fsp3) is 0.545. The van der Waals surface area contributed by atoms with Crippen molar-refractivity contribution in [2.75, 3.05) is 25.7 Å². The molecule has 0 bridgehead atoms. The quantitative estimate of drug-likeness (QED) is 0.813. The predicted molar refractivity (Wildman–Crippen MR) is 60.4 cm³/mol. The first-order chi connectivity index (χ1) is 7.01. The smallest absolute Gasteiger partial charge is 0.214 e. The van der Waals surface area contributed by atoms with Gasteiger partial charge < -0.3 is 14.7 Å². The zero-order valence-corrected chi connectivity index (χ0v) is 9.69. The Balaban J connectivity index is 2.95. The van der Waals surface area contributed by atoms with Gasteiger partial charge in [0, 0.05) is 25.0 Å². The zero-order chi connectivity index (χ0) is 11.5. The molecule has 0 amide bonds. The highest BCUT2D eigenvalue weighted by Crippen LogP contribution is 2.23. The molecule has 0 fully saturated rings. The van der Waals surface area contributed by atoms with Crippen molar-refractivity contribution in [2.45, 2.75) is 19.4 Å². The Kier molecular flexibility index (Phi) is 3.52. The molecule has 0 saturated heterocycles. The summed E-state index contributed by atoms with van der Waals surface area (Å²) in [7, 11) is 3.52. The number of anilines is 1. The number of aliphatic hydroxyl groups is 1. The number of pyridine rings is 1. The molecule has 0 spiro atoms. The Morgan fingerprint density at radius 1 is 1.53 bits per heavy atom. The van der Waals surface area contributed by atoms with Crippen LogP contribution in [-0.2, 0) is 0 Å². The summed E-state index contributed by atoms with van der Waals surface area (Å²) in [5.41, 5.74) is 0.674. The Labute approximate surface area is 90.5 Å². The van der Waals surface area contributed by atoms with Crippen molar-refractivity contribution in [3.63, 3.8) is 0 Å². The van der Waals surface area contributed by atoms with E-state index in [1.54, 1.807) is 13.3 Å². The van der Waals surface area contributed by atoms with Gasteiger partial charge >= 0.3 is 0 Å². The number of rotatable bonds is 4. The summed E-state index contributed by atoms with van der Waals surface area (Å²) in [4.78, 5) is 6.03. The van der Waals surface area contributed by atoms with Gasteiger partial charge in [-0.2, -0.15) is 0 Å². The van der Waals surface area contributed by atoms with E-state index in [1.807, 2.05) is 37.9 Å². The summed E-state index contributed by atoms with van der Waals surface area (Å²) >= 11 is 0. The summed E-state index contributed by atoms with van der Waals surface area (Å²) in [6.45, 7) is 4.04. The first-order valence-corrected chi connectivity index (χ1v) is 4.86. The fourth-order valence-corrected chi connectivity index (χ4v) is 1.17. The van der Waals surface area contributed by atoms with Crippen LogP contribution in [0.4, 0.5) is 5.69 Å². The number of aromatic nitrogens is 1. The van der Waals surface area contributed by atoms with E-state index in [-0.39, 0.29) is 12.1 Å². The monoisotopic (exact) mass is 210 g/mol. The van der Waals surface area contributed by atoms with Gasteiger partial charge in [0.25, 0.3) is 0 Å². The van der Waals surface area contributed by atoms with E-state index in [4.69, 9.17) is 4.74 Å². The fourth-order valence-electron chi connectivity index (χ4n) is 1.17. The second-order valence-corrected chi connectivity index (χ2v) is 4.09. The van der Waals surface area contributed by atoms with Crippen molar-refractivity contribution in [3.8, 4) is 5.88 Å². The van der Waals surface area contributed by atoms with E-state index in [2.05, 4.69) is 4.98 Å². The van der Waals surface area contributed by atoms with E-state index in [9.17, 15) is 5.11 Å². The lowest BCUT2D eigenvalue weighted by Crippen LogP contribution is -2.44. The number of methoxy groups -OCH3 is 1. The maximum atomic E-state index is 9.26. The van der Waals surface area contributed by atoms with Crippen LogP contribution in [0.2, 0.25) is 0 Å². The SMILES string of the molecule is COc1cc(N(C)C(C)(C)CO)ccn1. The Hall–Kier alpha value is -1.29. The molecule has 0 aromatic carbocycles. The van der Waals surface area contributed by atoms with Crippen molar-refractivity contribution < 1.29 is 9.84 Å². The maximum absolute atomic E-state index is 9.26. The van der Waals surface area contributed by atoms with Gasteiger partial charge in [0.1, 0.15) is 0 Å². The molecule has 0 aliphatic heterocycles.